The molecule has 244 valence electrons. The van der Waals surface area contributed by atoms with Gasteiger partial charge in [0, 0.05) is 51.2 Å². The van der Waals surface area contributed by atoms with Crippen LogP contribution in [0.15, 0.2) is 224 Å². The molecule has 0 saturated heterocycles. The molecule has 3 heteroatoms. The molecule has 51 heavy (non-hydrogen) atoms. The summed E-state index contributed by atoms with van der Waals surface area (Å²) in [6, 6.07) is 79.2. The quantitative estimate of drug-likeness (QED) is 0.145. The maximum Gasteiger partial charge on any atom is 0.0463 e. The SMILES string of the molecule is c1ccc(-c2ccc(N(c3ccc(N(c4ccccc4)c4ccccc4)cc3)c3ccc(N(c4ccccc4)c4ccccc4)cc3)cc2)cc1. The van der Waals surface area contributed by atoms with Crippen molar-refractivity contribution in [3.8, 4) is 11.1 Å². The van der Waals surface area contributed by atoms with Crippen LogP contribution in [-0.2, 0) is 0 Å². The average Bonchev–Trinajstić information content (AvgIpc) is 3.22. The van der Waals surface area contributed by atoms with Crippen LogP contribution in [0, 0.1) is 0 Å². The van der Waals surface area contributed by atoms with Crippen molar-refractivity contribution in [2.24, 2.45) is 0 Å². The molecule has 8 aromatic rings. The minimum absolute atomic E-state index is 1.07. The van der Waals surface area contributed by atoms with Crippen molar-refractivity contribution in [2.45, 2.75) is 0 Å². The molecular weight excluding hydrogens is 619 g/mol. The summed E-state index contributed by atoms with van der Waals surface area (Å²) in [5.41, 5.74) is 12.2. The Kier molecular flexibility index (Phi) is 9.08. The number of para-hydroxylation sites is 4. The summed E-state index contributed by atoms with van der Waals surface area (Å²) in [7, 11) is 0. The lowest BCUT2D eigenvalue weighted by Crippen LogP contribution is -2.13. The molecule has 0 aromatic heterocycles. The smallest absolute Gasteiger partial charge is 0.0463 e. The maximum atomic E-state index is 2.33. The van der Waals surface area contributed by atoms with Crippen molar-refractivity contribution in [2.75, 3.05) is 14.7 Å². The minimum Gasteiger partial charge on any atom is -0.311 e. The summed E-state index contributed by atoms with van der Waals surface area (Å²) < 4.78 is 0. The number of hydrogen-bond donors (Lipinski definition) is 0. The first-order chi connectivity index (χ1) is 25.3. The number of rotatable bonds is 10. The van der Waals surface area contributed by atoms with Crippen LogP contribution in [0.3, 0.4) is 0 Å². The first kappa shape index (κ1) is 31.4. The van der Waals surface area contributed by atoms with Gasteiger partial charge in [-0.15, -0.1) is 0 Å². The Morgan fingerprint density at radius 3 is 0.588 bits per heavy atom. The van der Waals surface area contributed by atoms with Gasteiger partial charge in [-0.3, -0.25) is 0 Å². The third-order valence-corrected chi connectivity index (χ3v) is 9.02. The maximum absolute atomic E-state index is 2.33. The molecule has 0 N–H and O–H groups in total. The monoisotopic (exact) mass is 655 g/mol. The van der Waals surface area contributed by atoms with E-state index in [9.17, 15) is 0 Å². The Morgan fingerprint density at radius 1 is 0.157 bits per heavy atom. The van der Waals surface area contributed by atoms with Gasteiger partial charge >= 0.3 is 0 Å². The largest absolute Gasteiger partial charge is 0.311 e. The zero-order valence-corrected chi connectivity index (χ0v) is 28.2. The third-order valence-electron chi connectivity index (χ3n) is 9.02. The van der Waals surface area contributed by atoms with Crippen LogP contribution in [0.1, 0.15) is 0 Å². The Labute approximate surface area is 300 Å². The van der Waals surface area contributed by atoms with Gasteiger partial charge < -0.3 is 14.7 Å². The summed E-state index contributed by atoms with van der Waals surface area (Å²) in [6.07, 6.45) is 0. The second-order valence-electron chi connectivity index (χ2n) is 12.3. The highest BCUT2D eigenvalue weighted by Crippen LogP contribution is 2.41. The second-order valence-corrected chi connectivity index (χ2v) is 12.3. The van der Waals surface area contributed by atoms with Crippen molar-refractivity contribution in [3.63, 3.8) is 0 Å². The van der Waals surface area contributed by atoms with E-state index >= 15 is 0 Å². The number of anilines is 9. The normalized spacial score (nSPS) is 10.7. The van der Waals surface area contributed by atoms with E-state index < -0.39 is 0 Å². The van der Waals surface area contributed by atoms with Crippen molar-refractivity contribution in [1.29, 1.82) is 0 Å². The van der Waals surface area contributed by atoms with Crippen LogP contribution in [0.5, 0.6) is 0 Å². The Morgan fingerprint density at radius 2 is 0.333 bits per heavy atom. The average molecular weight is 656 g/mol. The lowest BCUT2D eigenvalue weighted by atomic mass is 10.0. The van der Waals surface area contributed by atoms with E-state index in [1.807, 2.05) is 0 Å². The molecule has 0 heterocycles. The highest BCUT2D eigenvalue weighted by Gasteiger charge is 2.18. The van der Waals surface area contributed by atoms with Gasteiger partial charge in [-0.25, -0.2) is 0 Å². The molecule has 0 radical (unpaired) electrons. The molecule has 8 rings (SSSR count). The van der Waals surface area contributed by atoms with Crippen LogP contribution in [0.2, 0.25) is 0 Å². The van der Waals surface area contributed by atoms with E-state index in [2.05, 4.69) is 239 Å². The van der Waals surface area contributed by atoms with Crippen molar-refractivity contribution in [3.05, 3.63) is 224 Å². The molecular formula is C48H37N3. The molecule has 0 aliphatic heterocycles. The van der Waals surface area contributed by atoms with Crippen molar-refractivity contribution in [1.82, 2.24) is 0 Å². The van der Waals surface area contributed by atoms with Crippen LogP contribution in [-0.4, -0.2) is 0 Å². The molecule has 0 saturated carbocycles. The fourth-order valence-electron chi connectivity index (χ4n) is 6.59. The summed E-state index contributed by atoms with van der Waals surface area (Å²) >= 11 is 0. The molecule has 0 aliphatic rings. The highest BCUT2D eigenvalue weighted by molar-refractivity contribution is 5.84. The summed E-state index contributed by atoms with van der Waals surface area (Å²) in [6.45, 7) is 0. The van der Waals surface area contributed by atoms with Gasteiger partial charge in [-0.1, -0.05) is 115 Å². The first-order valence-corrected chi connectivity index (χ1v) is 17.3. The molecule has 0 amide bonds. The topological polar surface area (TPSA) is 9.72 Å². The van der Waals surface area contributed by atoms with Gasteiger partial charge in [0.2, 0.25) is 0 Å². The molecule has 0 spiro atoms. The molecule has 8 aromatic carbocycles. The predicted octanol–water partition coefficient (Wildman–Crippen LogP) is 13.8. The molecule has 0 fully saturated rings. The first-order valence-electron chi connectivity index (χ1n) is 17.3. The van der Waals surface area contributed by atoms with Gasteiger partial charge in [0.05, 0.1) is 0 Å². The van der Waals surface area contributed by atoms with Gasteiger partial charge in [0.1, 0.15) is 0 Å². The van der Waals surface area contributed by atoms with E-state index in [1.165, 1.54) is 11.1 Å². The van der Waals surface area contributed by atoms with Crippen molar-refractivity contribution < 1.29 is 0 Å². The fraction of sp³-hybridized carbons (Fsp3) is 0. The molecule has 0 aliphatic carbocycles. The zero-order chi connectivity index (χ0) is 34.2. The number of nitrogens with zero attached hydrogens (tertiary/aromatic N) is 3. The van der Waals surface area contributed by atoms with E-state index in [0.717, 1.165) is 51.2 Å². The molecule has 0 atom stereocenters. The number of hydrogen-bond acceptors (Lipinski definition) is 3. The Bertz CT molecular complexity index is 2050. The van der Waals surface area contributed by atoms with E-state index in [1.54, 1.807) is 0 Å². The van der Waals surface area contributed by atoms with Gasteiger partial charge in [-0.05, 0) is 120 Å². The fourth-order valence-corrected chi connectivity index (χ4v) is 6.59. The van der Waals surface area contributed by atoms with Crippen molar-refractivity contribution >= 4 is 51.2 Å². The van der Waals surface area contributed by atoms with E-state index in [0.29, 0.717) is 0 Å². The lowest BCUT2D eigenvalue weighted by Gasteiger charge is -2.29. The predicted molar refractivity (Wildman–Crippen MR) is 216 cm³/mol. The van der Waals surface area contributed by atoms with Gasteiger partial charge in [0.15, 0.2) is 0 Å². The summed E-state index contributed by atoms with van der Waals surface area (Å²) in [5, 5.41) is 0. The van der Waals surface area contributed by atoms with E-state index in [4.69, 9.17) is 0 Å². The highest BCUT2D eigenvalue weighted by atomic mass is 15.2. The molecule has 0 unspecified atom stereocenters. The third kappa shape index (κ3) is 6.87. The van der Waals surface area contributed by atoms with Crippen LogP contribution in [0.4, 0.5) is 51.2 Å². The van der Waals surface area contributed by atoms with Crippen LogP contribution >= 0.6 is 0 Å². The van der Waals surface area contributed by atoms with Gasteiger partial charge in [0.25, 0.3) is 0 Å². The van der Waals surface area contributed by atoms with Gasteiger partial charge in [-0.2, -0.15) is 0 Å². The minimum atomic E-state index is 1.07. The Hall–Kier alpha value is -6.84. The second kappa shape index (κ2) is 14.7. The molecule has 0 bridgehead atoms. The standard InChI is InChI=1S/C48H37N3/c1-6-16-38(17-7-1)39-26-28-44(29-27-39)51(47-34-30-45(31-35-47)49(40-18-8-2-9-19-40)41-20-10-3-11-21-41)48-36-32-46(33-37-48)50(42-22-12-4-13-23-42)43-24-14-5-15-25-43/h1-37H. The lowest BCUT2D eigenvalue weighted by molar-refractivity contribution is 1.24. The summed E-state index contributed by atoms with van der Waals surface area (Å²) in [5.74, 6) is 0. The van der Waals surface area contributed by atoms with Crippen LogP contribution < -0.4 is 14.7 Å². The Balaban J connectivity index is 1.19. The molecule has 3 nitrogen and oxygen atoms in total. The summed E-state index contributed by atoms with van der Waals surface area (Å²) in [4.78, 5) is 6.91. The zero-order valence-electron chi connectivity index (χ0n) is 28.2. The number of benzene rings is 8. The van der Waals surface area contributed by atoms with Crippen LogP contribution in [0.25, 0.3) is 11.1 Å². The van der Waals surface area contributed by atoms with E-state index in [-0.39, 0.29) is 0 Å².